The van der Waals surface area contributed by atoms with Gasteiger partial charge in [-0.25, -0.2) is 0 Å². The van der Waals surface area contributed by atoms with Gasteiger partial charge >= 0.3 is 0 Å². The average Bonchev–Trinajstić information content (AvgIpc) is 2.37. The van der Waals surface area contributed by atoms with Crippen LogP contribution in [-0.4, -0.2) is 18.5 Å². The van der Waals surface area contributed by atoms with Gasteiger partial charge in [0.2, 0.25) is 0 Å². The van der Waals surface area contributed by atoms with Crippen molar-refractivity contribution in [2.75, 3.05) is 7.11 Å². The van der Waals surface area contributed by atoms with Crippen molar-refractivity contribution in [2.45, 2.75) is 25.9 Å². The van der Waals surface area contributed by atoms with Crippen molar-refractivity contribution in [1.82, 2.24) is 0 Å². The second-order valence-electron chi connectivity index (χ2n) is 5.09. The fourth-order valence-electron chi connectivity index (χ4n) is 2.02. The Morgan fingerprint density at radius 1 is 1.11 bits per heavy atom. The fraction of sp³-hybridized carbons (Fsp3) is 0.312. The maximum atomic E-state index is 12.4. The van der Waals surface area contributed by atoms with Gasteiger partial charge in [-0.2, -0.15) is 0 Å². The molecule has 2 aromatic carbocycles. The smallest absolute Gasteiger partial charge is 0.166 e. The maximum Gasteiger partial charge on any atom is 0.166 e. The molecule has 2 rings (SSSR count). The standard InChI is InChI=1S/C16H18O2/c1-16(2,18-3)11-15(17)14-10-6-8-12-7-4-5-9-13(12)14/h4-10H,11H2,1-3H3. The minimum Gasteiger partial charge on any atom is -0.378 e. The zero-order valence-electron chi connectivity index (χ0n) is 11.1. The van der Waals surface area contributed by atoms with E-state index in [9.17, 15) is 4.79 Å². The van der Waals surface area contributed by atoms with Crippen molar-refractivity contribution in [3.05, 3.63) is 48.0 Å². The third kappa shape index (κ3) is 2.59. The van der Waals surface area contributed by atoms with Crippen molar-refractivity contribution < 1.29 is 9.53 Å². The highest BCUT2D eigenvalue weighted by molar-refractivity contribution is 6.08. The lowest BCUT2D eigenvalue weighted by Crippen LogP contribution is -2.26. The zero-order chi connectivity index (χ0) is 13.2. The van der Waals surface area contributed by atoms with E-state index < -0.39 is 5.60 Å². The van der Waals surface area contributed by atoms with Crippen LogP contribution < -0.4 is 0 Å². The number of ketones is 1. The van der Waals surface area contributed by atoms with Gasteiger partial charge in [0.1, 0.15) is 0 Å². The summed E-state index contributed by atoms with van der Waals surface area (Å²) in [7, 11) is 1.64. The van der Waals surface area contributed by atoms with Crippen LogP contribution in [0.5, 0.6) is 0 Å². The molecular formula is C16H18O2. The Morgan fingerprint density at radius 2 is 1.78 bits per heavy atom. The van der Waals surface area contributed by atoms with Crippen molar-refractivity contribution in [2.24, 2.45) is 0 Å². The number of carbonyl (C=O) groups excluding carboxylic acids is 1. The van der Waals surface area contributed by atoms with E-state index in [2.05, 4.69) is 0 Å². The van der Waals surface area contributed by atoms with Crippen LogP contribution in [0, 0.1) is 0 Å². The molecule has 0 aromatic heterocycles. The summed E-state index contributed by atoms with van der Waals surface area (Å²) in [5.41, 5.74) is 0.354. The number of rotatable bonds is 4. The highest BCUT2D eigenvalue weighted by atomic mass is 16.5. The molecule has 0 spiro atoms. The summed E-state index contributed by atoms with van der Waals surface area (Å²) in [4.78, 5) is 12.4. The average molecular weight is 242 g/mol. The first-order valence-corrected chi connectivity index (χ1v) is 6.09. The van der Waals surface area contributed by atoms with Crippen LogP contribution in [0.15, 0.2) is 42.5 Å². The molecule has 2 aromatic rings. The molecule has 94 valence electrons. The van der Waals surface area contributed by atoms with Gasteiger partial charge in [-0.1, -0.05) is 42.5 Å². The monoisotopic (exact) mass is 242 g/mol. The number of hydrogen-bond acceptors (Lipinski definition) is 2. The Labute approximate surface area is 108 Å². The first-order chi connectivity index (χ1) is 8.53. The lowest BCUT2D eigenvalue weighted by atomic mass is 9.94. The van der Waals surface area contributed by atoms with Gasteiger partial charge in [0.25, 0.3) is 0 Å². The molecular weight excluding hydrogens is 224 g/mol. The van der Waals surface area contributed by atoms with Crippen molar-refractivity contribution in [3.63, 3.8) is 0 Å². The summed E-state index contributed by atoms with van der Waals surface area (Å²) in [6.45, 7) is 3.85. The highest BCUT2D eigenvalue weighted by Crippen LogP contribution is 2.23. The molecule has 0 aliphatic carbocycles. The molecule has 0 saturated heterocycles. The lowest BCUT2D eigenvalue weighted by molar-refractivity contribution is 0.0172. The van der Waals surface area contributed by atoms with Gasteiger partial charge in [-0.15, -0.1) is 0 Å². The number of methoxy groups -OCH3 is 1. The second kappa shape index (κ2) is 4.91. The number of carbonyl (C=O) groups is 1. The lowest BCUT2D eigenvalue weighted by Gasteiger charge is -2.22. The normalized spacial score (nSPS) is 11.7. The summed E-state index contributed by atoms with van der Waals surface area (Å²) in [6.07, 6.45) is 0.386. The second-order valence-corrected chi connectivity index (χ2v) is 5.09. The summed E-state index contributed by atoms with van der Waals surface area (Å²) >= 11 is 0. The van der Waals surface area contributed by atoms with Crippen LogP contribution in [0.1, 0.15) is 30.6 Å². The van der Waals surface area contributed by atoms with E-state index in [-0.39, 0.29) is 5.78 Å². The first-order valence-electron chi connectivity index (χ1n) is 6.09. The van der Waals surface area contributed by atoms with Crippen LogP contribution in [0.3, 0.4) is 0 Å². The SMILES string of the molecule is COC(C)(C)CC(=O)c1cccc2ccccc12. The van der Waals surface area contributed by atoms with Crippen molar-refractivity contribution >= 4 is 16.6 Å². The molecule has 0 saturated carbocycles. The maximum absolute atomic E-state index is 12.4. The van der Waals surface area contributed by atoms with Crippen LogP contribution in [0.2, 0.25) is 0 Å². The summed E-state index contributed by atoms with van der Waals surface area (Å²) < 4.78 is 5.32. The summed E-state index contributed by atoms with van der Waals surface area (Å²) in [5.74, 6) is 0.124. The first kappa shape index (κ1) is 12.8. The molecule has 0 atom stereocenters. The summed E-state index contributed by atoms with van der Waals surface area (Å²) in [6, 6.07) is 13.8. The van der Waals surface area contributed by atoms with Gasteiger partial charge in [0.15, 0.2) is 5.78 Å². The quantitative estimate of drug-likeness (QED) is 0.761. The van der Waals surface area contributed by atoms with Gasteiger partial charge in [0.05, 0.1) is 5.60 Å². The third-order valence-corrected chi connectivity index (χ3v) is 3.23. The van der Waals surface area contributed by atoms with E-state index in [1.165, 1.54) is 0 Å². The molecule has 0 radical (unpaired) electrons. The molecule has 0 fully saturated rings. The Balaban J connectivity index is 2.39. The fourth-order valence-corrected chi connectivity index (χ4v) is 2.02. The van der Waals surface area contributed by atoms with Crippen molar-refractivity contribution in [3.8, 4) is 0 Å². The van der Waals surface area contributed by atoms with Gasteiger partial charge in [-0.05, 0) is 24.6 Å². The molecule has 2 nitrogen and oxygen atoms in total. The van der Waals surface area contributed by atoms with E-state index >= 15 is 0 Å². The predicted octanol–water partition coefficient (Wildman–Crippen LogP) is 3.84. The van der Waals surface area contributed by atoms with Crippen LogP contribution in [-0.2, 0) is 4.74 Å². The number of Topliss-reactive ketones (excluding diaryl/α,β-unsaturated/α-hetero) is 1. The van der Waals surface area contributed by atoms with Crippen LogP contribution >= 0.6 is 0 Å². The molecule has 0 aliphatic rings. The molecule has 2 heteroatoms. The summed E-state index contributed by atoms with van der Waals surface area (Å²) in [5, 5.41) is 2.11. The number of benzene rings is 2. The molecule has 0 aliphatic heterocycles. The molecule has 0 heterocycles. The van der Waals surface area contributed by atoms with Gasteiger partial charge in [0, 0.05) is 19.1 Å². The Morgan fingerprint density at radius 3 is 2.50 bits per heavy atom. The third-order valence-electron chi connectivity index (χ3n) is 3.23. The van der Waals surface area contributed by atoms with E-state index in [0.29, 0.717) is 6.42 Å². The molecule has 0 amide bonds. The molecule has 0 unspecified atom stereocenters. The number of fused-ring (bicyclic) bond motifs is 1. The van der Waals surface area contributed by atoms with Gasteiger partial charge in [-0.3, -0.25) is 4.79 Å². The predicted molar refractivity (Wildman–Crippen MR) is 74.0 cm³/mol. The van der Waals surface area contributed by atoms with Crippen LogP contribution in [0.25, 0.3) is 10.8 Å². The van der Waals surface area contributed by atoms with E-state index in [4.69, 9.17) is 4.74 Å². The van der Waals surface area contributed by atoms with E-state index in [1.807, 2.05) is 56.3 Å². The number of hydrogen-bond donors (Lipinski definition) is 0. The molecule has 18 heavy (non-hydrogen) atoms. The highest BCUT2D eigenvalue weighted by Gasteiger charge is 2.22. The topological polar surface area (TPSA) is 26.3 Å². The van der Waals surface area contributed by atoms with Gasteiger partial charge < -0.3 is 4.74 Å². The molecule has 0 bridgehead atoms. The minimum atomic E-state index is -0.423. The largest absolute Gasteiger partial charge is 0.378 e. The van der Waals surface area contributed by atoms with E-state index in [1.54, 1.807) is 7.11 Å². The Bertz CT molecular complexity index is 565. The van der Waals surface area contributed by atoms with E-state index in [0.717, 1.165) is 16.3 Å². The Hall–Kier alpha value is -1.67. The molecule has 0 N–H and O–H groups in total. The zero-order valence-corrected chi connectivity index (χ0v) is 11.1. The number of ether oxygens (including phenoxy) is 1. The van der Waals surface area contributed by atoms with Crippen LogP contribution in [0.4, 0.5) is 0 Å². The van der Waals surface area contributed by atoms with Crippen molar-refractivity contribution in [1.29, 1.82) is 0 Å². The minimum absolute atomic E-state index is 0.124. The Kier molecular flexibility index (Phi) is 3.48.